The second kappa shape index (κ2) is 4.36. The molecule has 1 heteroatoms. The molecule has 0 saturated heterocycles. The van der Waals surface area contributed by atoms with E-state index in [0.29, 0.717) is 0 Å². The Morgan fingerprint density at radius 3 is 2.00 bits per heavy atom. The van der Waals surface area contributed by atoms with Crippen LogP contribution in [-0.4, -0.2) is 11.7 Å². The van der Waals surface area contributed by atoms with Crippen molar-refractivity contribution in [3.05, 3.63) is 35.9 Å². The molecular formula is C14H22O. The van der Waals surface area contributed by atoms with Gasteiger partial charge in [-0.15, -0.1) is 0 Å². The van der Waals surface area contributed by atoms with E-state index < -0.39 is 0 Å². The maximum absolute atomic E-state index is 9.30. The normalized spacial score (nSPS) is 12.9. The predicted molar refractivity (Wildman–Crippen MR) is 65.0 cm³/mol. The first-order chi connectivity index (χ1) is 6.87. The molecule has 1 aromatic rings. The van der Waals surface area contributed by atoms with Crippen LogP contribution < -0.4 is 0 Å². The lowest BCUT2D eigenvalue weighted by atomic mass is 9.72. The molecular weight excluding hydrogens is 184 g/mol. The predicted octanol–water partition coefficient (Wildman–Crippen LogP) is 3.37. The number of aliphatic hydroxyl groups excluding tert-OH is 1. The number of hydrogen-bond donors (Lipinski definition) is 1. The first kappa shape index (κ1) is 12.3. The summed E-state index contributed by atoms with van der Waals surface area (Å²) in [5.41, 5.74) is 1.44. The molecule has 1 nitrogen and oxygen atoms in total. The summed E-state index contributed by atoms with van der Waals surface area (Å²) in [6.07, 6.45) is 0.987. The van der Waals surface area contributed by atoms with Gasteiger partial charge >= 0.3 is 0 Å². The lowest BCUT2D eigenvalue weighted by molar-refractivity contribution is 0.126. The van der Waals surface area contributed by atoms with E-state index in [2.05, 4.69) is 52.0 Å². The SMILES string of the molecule is CC(C)(CO)CC(C)(C)c1ccccc1. The molecule has 0 spiro atoms. The Balaban J connectivity index is 2.85. The van der Waals surface area contributed by atoms with Gasteiger partial charge in [0.05, 0.1) is 0 Å². The molecule has 1 rings (SSSR count). The second-order valence-corrected chi connectivity index (χ2v) is 5.75. The number of rotatable bonds is 4. The van der Waals surface area contributed by atoms with Crippen LogP contribution in [0, 0.1) is 5.41 Å². The molecule has 0 heterocycles. The molecule has 0 radical (unpaired) electrons. The fraction of sp³-hybridized carbons (Fsp3) is 0.571. The van der Waals surface area contributed by atoms with Gasteiger partial charge in [-0.05, 0) is 22.8 Å². The van der Waals surface area contributed by atoms with Gasteiger partial charge < -0.3 is 5.11 Å². The van der Waals surface area contributed by atoms with Crippen molar-refractivity contribution >= 4 is 0 Å². The van der Waals surface area contributed by atoms with Gasteiger partial charge in [-0.25, -0.2) is 0 Å². The van der Waals surface area contributed by atoms with Gasteiger partial charge in [0, 0.05) is 6.61 Å². The average Bonchev–Trinajstić information content (AvgIpc) is 2.18. The zero-order valence-electron chi connectivity index (χ0n) is 10.2. The summed E-state index contributed by atoms with van der Waals surface area (Å²) in [7, 11) is 0. The van der Waals surface area contributed by atoms with Gasteiger partial charge in [0.1, 0.15) is 0 Å². The maximum atomic E-state index is 9.30. The molecule has 0 fully saturated rings. The van der Waals surface area contributed by atoms with Crippen LogP contribution in [0.2, 0.25) is 0 Å². The van der Waals surface area contributed by atoms with E-state index in [4.69, 9.17) is 0 Å². The third-order valence-electron chi connectivity index (χ3n) is 2.90. The Kier molecular flexibility index (Phi) is 3.56. The van der Waals surface area contributed by atoms with E-state index in [1.807, 2.05) is 6.07 Å². The van der Waals surface area contributed by atoms with Crippen molar-refractivity contribution in [1.29, 1.82) is 0 Å². The van der Waals surface area contributed by atoms with Crippen LogP contribution in [0.25, 0.3) is 0 Å². The highest BCUT2D eigenvalue weighted by molar-refractivity contribution is 5.23. The van der Waals surface area contributed by atoms with Gasteiger partial charge in [0.2, 0.25) is 0 Å². The quantitative estimate of drug-likeness (QED) is 0.800. The minimum Gasteiger partial charge on any atom is -0.396 e. The van der Waals surface area contributed by atoms with Gasteiger partial charge in [-0.2, -0.15) is 0 Å². The van der Waals surface area contributed by atoms with Crippen molar-refractivity contribution in [3.8, 4) is 0 Å². The summed E-state index contributed by atoms with van der Waals surface area (Å²) in [6, 6.07) is 10.5. The van der Waals surface area contributed by atoms with Crippen LogP contribution in [0.1, 0.15) is 39.7 Å². The Morgan fingerprint density at radius 1 is 1.00 bits per heavy atom. The number of hydrogen-bond acceptors (Lipinski definition) is 1. The molecule has 0 aliphatic heterocycles. The molecule has 15 heavy (non-hydrogen) atoms. The highest BCUT2D eigenvalue weighted by Gasteiger charge is 2.29. The fourth-order valence-electron chi connectivity index (χ4n) is 2.24. The van der Waals surface area contributed by atoms with Crippen molar-refractivity contribution in [2.75, 3.05) is 6.61 Å². The van der Waals surface area contributed by atoms with Crippen LogP contribution in [-0.2, 0) is 5.41 Å². The third kappa shape index (κ3) is 3.35. The molecule has 0 unspecified atom stereocenters. The fourth-order valence-corrected chi connectivity index (χ4v) is 2.24. The molecule has 84 valence electrons. The monoisotopic (exact) mass is 206 g/mol. The highest BCUT2D eigenvalue weighted by Crippen LogP contribution is 2.35. The van der Waals surface area contributed by atoms with Crippen molar-refractivity contribution in [3.63, 3.8) is 0 Å². The Hall–Kier alpha value is -0.820. The summed E-state index contributed by atoms with van der Waals surface area (Å²) < 4.78 is 0. The topological polar surface area (TPSA) is 20.2 Å². The van der Waals surface area contributed by atoms with E-state index >= 15 is 0 Å². The van der Waals surface area contributed by atoms with E-state index in [-0.39, 0.29) is 17.4 Å². The van der Waals surface area contributed by atoms with Crippen LogP contribution in [0.5, 0.6) is 0 Å². The van der Waals surface area contributed by atoms with Crippen molar-refractivity contribution < 1.29 is 5.11 Å². The van der Waals surface area contributed by atoms with Gasteiger partial charge in [-0.3, -0.25) is 0 Å². The first-order valence-corrected chi connectivity index (χ1v) is 5.54. The largest absolute Gasteiger partial charge is 0.396 e. The van der Waals surface area contributed by atoms with Crippen molar-refractivity contribution in [2.24, 2.45) is 5.41 Å². The molecule has 1 aromatic carbocycles. The standard InChI is InChI=1S/C14H22O/c1-13(2,11-15)10-14(3,4)12-8-6-5-7-9-12/h5-9,15H,10-11H2,1-4H3. The minimum absolute atomic E-state index is 0.0145. The molecule has 0 bridgehead atoms. The van der Waals surface area contributed by atoms with E-state index in [0.717, 1.165) is 6.42 Å². The number of aliphatic hydroxyl groups is 1. The summed E-state index contributed by atoms with van der Waals surface area (Å²) in [5, 5.41) is 9.30. The third-order valence-corrected chi connectivity index (χ3v) is 2.90. The molecule has 0 saturated carbocycles. The molecule has 0 aliphatic rings. The zero-order chi connectivity index (χ0) is 11.5. The van der Waals surface area contributed by atoms with Crippen molar-refractivity contribution in [1.82, 2.24) is 0 Å². The first-order valence-electron chi connectivity index (χ1n) is 5.54. The Bertz CT molecular complexity index is 298. The average molecular weight is 206 g/mol. The van der Waals surface area contributed by atoms with Crippen LogP contribution in [0.15, 0.2) is 30.3 Å². The van der Waals surface area contributed by atoms with Gasteiger partial charge in [0.25, 0.3) is 0 Å². The Morgan fingerprint density at radius 2 is 1.53 bits per heavy atom. The lowest BCUT2D eigenvalue weighted by Gasteiger charge is -2.34. The Labute approximate surface area is 93.1 Å². The molecule has 0 aromatic heterocycles. The molecule has 0 amide bonds. The zero-order valence-corrected chi connectivity index (χ0v) is 10.2. The van der Waals surface area contributed by atoms with Crippen molar-refractivity contribution in [2.45, 2.75) is 39.5 Å². The molecule has 0 aliphatic carbocycles. The minimum atomic E-state index is -0.0145. The van der Waals surface area contributed by atoms with E-state index in [9.17, 15) is 5.11 Å². The highest BCUT2D eigenvalue weighted by atomic mass is 16.3. The summed E-state index contributed by atoms with van der Waals surface area (Å²) >= 11 is 0. The summed E-state index contributed by atoms with van der Waals surface area (Å²) in [4.78, 5) is 0. The van der Waals surface area contributed by atoms with Gasteiger partial charge in [0.15, 0.2) is 0 Å². The maximum Gasteiger partial charge on any atom is 0.0482 e. The van der Waals surface area contributed by atoms with Gasteiger partial charge in [-0.1, -0.05) is 58.0 Å². The summed E-state index contributed by atoms with van der Waals surface area (Å²) in [6.45, 7) is 8.93. The van der Waals surface area contributed by atoms with E-state index in [1.54, 1.807) is 0 Å². The van der Waals surface area contributed by atoms with Crippen LogP contribution in [0.3, 0.4) is 0 Å². The second-order valence-electron chi connectivity index (χ2n) is 5.75. The smallest absolute Gasteiger partial charge is 0.0482 e. The summed E-state index contributed by atoms with van der Waals surface area (Å²) in [5.74, 6) is 0. The lowest BCUT2D eigenvalue weighted by Crippen LogP contribution is -2.29. The number of benzene rings is 1. The van der Waals surface area contributed by atoms with Crippen LogP contribution in [0.4, 0.5) is 0 Å². The molecule has 1 N–H and O–H groups in total. The molecule has 0 atom stereocenters. The van der Waals surface area contributed by atoms with Crippen LogP contribution >= 0.6 is 0 Å². The van der Waals surface area contributed by atoms with E-state index in [1.165, 1.54) is 5.56 Å².